The molecule has 0 unspecified atom stereocenters. The highest BCUT2D eigenvalue weighted by molar-refractivity contribution is 5.92. The van der Waals surface area contributed by atoms with Gasteiger partial charge < -0.3 is 21.7 Å². The molecule has 0 fully saturated rings. The molecule has 6 nitrogen and oxygen atoms in total. The van der Waals surface area contributed by atoms with Gasteiger partial charge in [0.1, 0.15) is 0 Å². The highest BCUT2D eigenvalue weighted by atomic mass is 16.2. The molecule has 0 aromatic heterocycles. The summed E-state index contributed by atoms with van der Waals surface area (Å²) in [6, 6.07) is 6.58. The quantitative estimate of drug-likeness (QED) is 0.570. The Balaban J connectivity index is 2.45. The standard InChI is InChI=1S/C14H20N4O2/c1-2-10-16-14(20)18-12-7-5-11(6-8-12)17-13(19)4-3-9-15/h2,5-8H,1,3-4,9-10,15H2,(H,17,19)(H2,16,18,20). The van der Waals surface area contributed by atoms with Crippen molar-refractivity contribution in [2.24, 2.45) is 5.73 Å². The molecule has 5 N–H and O–H groups in total. The molecular formula is C14H20N4O2. The van der Waals surface area contributed by atoms with Crippen LogP contribution in [0.2, 0.25) is 0 Å². The molecule has 1 rings (SSSR count). The Morgan fingerprint density at radius 3 is 2.30 bits per heavy atom. The van der Waals surface area contributed by atoms with Crippen molar-refractivity contribution >= 4 is 23.3 Å². The van der Waals surface area contributed by atoms with E-state index >= 15 is 0 Å². The van der Waals surface area contributed by atoms with Crippen molar-refractivity contribution < 1.29 is 9.59 Å². The van der Waals surface area contributed by atoms with Crippen LogP contribution in [0.5, 0.6) is 0 Å². The van der Waals surface area contributed by atoms with Gasteiger partial charge in [0.25, 0.3) is 0 Å². The predicted molar refractivity (Wildman–Crippen MR) is 80.6 cm³/mol. The first-order chi connectivity index (χ1) is 9.65. The van der Waals surface area contributed by atoms with E-state index in [1.54, 1.807) is 30.3 Å². The van der Waals surface area contributed by atoms with Crippen LogP contribution >= 0.6 is 0 Å². The van der Waals surface area contributed by atoms with Crippen molar-refractivity contribution in [2.45, 2.75) is 12.8 Å². The maximum absolute atomic E-state index is 11.5. The van der Waals surface area contributed by atoms with E-state index in [1.165, 1.54) is 0 Å². The summed E-state index contributed by atoms with van der Waals surface area (Å²) in [5.74, 6) is -0.0696. The third-order valence-electron chi connectivity index (χ3n) is 2.44. The summed E-state index contributed by atoms with van der Waals surface area (Å²) in [6.07, 6.45) is 2.66. The third kappa shape index (κ3) is 6.01. The zero-order valence-corrected chi connectivity index (χ0v) is 11.3. The van der Waals surface area contributed by atoms with Gasteiger partial charge in [0, 0.05) is 24.3 Å². The first kappa shape index (κ1) is 15.7. The maximum Gasteiger partial charge on any atom is 0.319 e. The van der Waals surface area contributed by atoms with Gasteiger partial charge in [-0.1, -0.05) is 6.08 Å². The van der Waals surface area contributed by atoms with Gasteiger partial charge >= 0.3 is 6.03 Å². The molecule has 20 heavy (non-hydrogen) atoms. The molecule has 0 spiro atoms. The summed E-state index contributed by atoms with van der Waals surface area (Å²) in [5.41, 5.74) is 6.67. The lowest BCUT2D eigenvalue weighted by molar-refractivity contribution is -0.116. The lowest BCUT2D eigenvalue weighted by atomic mass is 10.2. The fraction of sp³-hybridized carbons (Fsp3) is 0.286. The smallest absolute Gasteiger partial charge is 0.319 e. The van der Waals surface area contributed by atoms with Gasteiger partial charge in [-0.15, -0.1) is 6.58 Å². The number of carbonyl (C=O) groups excluding carboxylic acids is 2. The third-order valence-corrected chi connectivity index (χ3v) is 2.44. The average molecular weight is 276 g/mol. The normalized spacial score (nSPS) is 9.65. The second kappa shape index (κ2) is 8.71. The van der Waals surface area contributed by atoms with Crippen LogP contribution in [0.3, 0.4) is 0 Å². The van der Waals surface area contributed by atoms with E-state index in [0.717, 1.165) is 0 Å². The van der Waals surface area contributed by atoms with Gasteiger partial charge in [-0.25, -0.2) is 4.79 Å². The molecule has 3 amide bonds. The van der Waals surface area contributed by atoms with Gasteiger partial charge in [-0.3, -0.25) is 4.79 Å². The molecule has 1 aromatic carbocycles. The van der Waals surface area contributed by atoms with E-state index in [-0.39, 0.29) is 11.9 Å². The number of rotatable bonds is 7. The fourth-order valence-electron chi connectivity index (χ4n) is 1.46. The van der Waals surface area contributed by atoms with Crippen molar-refractivity contribution in [3.05, 3.63) is 36.9 Å². The van der Waals surface area contributed by atoms with Gasteiger partial charge in [-0.2, -0.15) is 0 Å². The van der Waals surface area contributed by atoms with Crippen LogP contribution in [0.15, 0.2) is 36.9 Å². The topological polar surface area (TPSA) is 96.2 Å². The molecule has 0 saturated heterocycles. The van der Waals surface area contributed by atoms with Crippen LogP contribution in [0, 0.1) is 0 Å². The molecular weight excluding hydrogens is 256 g/mol. The highest BCUT2D eigenvalue weighted by Crippen LogP contribution is 2.13. The predicted octanol–water partition coefficient (Wildman–Crippen LogP) is 1.67. The first-order valence-electron chi connectivity index (χ1n) is 6.41. The lowest BCUT2D eigenvalue weighted by Crippen LogP contribution is -2.28. The molecule has 6 heteroatoms. The summed E-state index contributed by atoms with van der Waals surface area (Å²) in [7, 11) is 0. The molecule has 0 heterocycles. The summed E-state index contributed by atoms with van der Waals surface area (Å²) in [6.45, 7) is 4.41. The van der Waals surface area contributed by atoms with Gasteiger partial charge in [-0.05, 0) is 37.2 Å². The van der Waals surface area contributed by atoms with Crippen LogP contribution in [0.25, 0.3) is 0 Å². The Morgan fingerprint density at radius 2 is 1.75 bits per heavy atom. The van der Waals surface area contributed by atoms with Crippen molar-refractivity contribution in [1.82, 2.24) is 5.32 Å². The lowest BCUT2D eigenvalue weighted by Gasteiger charge is -2.08. The maximum atomic E-state index is 11.5. The van der Waals surface area contributed by atoms with Crippen LogP contribution in [0.1, 0.15) is 12.8 Å². The van der Waals surface area contributed by atoms with Gasteiger partial charge in [0.2, 0.25) is 5.91 Å². The van der Waals surface area contributed by atoms with E-state index in [9.17, 15) is 9.59 Å². The van der Waals surface area contributed by atoms with Crippen molar-refractivity contribution in [1.29, 1.82) is 0 Å². The fourth-order valence-corrected chi connectivity index (χ4v) is 1.46. The van der Waals surface area contributed by atoms with Crippen LogP contribution in [-0.2, 0) is 4.79 Å². The van der Waals surface area contributed by atoms with E-state index < -0.39 is 0 Å². The Morgan fingerprint density at radius 1 is 1.15 bits per heavy atom. The molecule has 0 aliphatic heterocycles. The first-order valence-corrected chi connectivity index (χ1v) is 6.41. The number of hydrogen-bond donors (Lipinski definition) is 4. The number of amides is 3. The molecule has 0 saturated carbocycles. The number of anilines is 2. The van der Waals surface area contributed by atoms with E-state index in [2.05, 4.69) is 22.5 Å². The van der Waals surface area contributed by atoms with E-state index in [1.807, 2.05) is 0 Å². The molecule has 108 valence electrons. The van der Waals surface area contributed by atoms with Gasteiger partial charge in [0.15, 0.2) is 0 Å². The van der Waals surface area contributed by atoms with Crippen LogP contribution < -0.4 is 21.7 Å². The molecule has 0 atom stereocenters. The van der Waals surface area contributed by atoms with Crippen LogP contribution in [-0.4, -0.2) is 25.0 Å². The number of urea groups is 1. The second-order valence-electron chi connectivity index (χ2n) is 4.14. The molecule has 0 aliphatic rings. The Kier molecular flexibility index (Phi) is 6.84. The molecule has 0 radical (unpaired) electrons. The minimum atomic E-state index is -0.301. The minimum absolute atomic E-state index is 0.0696. The Bertz CT molecular complexity index is 457. The summed E-state index contributed by atoms with van der Waals surface area (Å²) >= 11 is 0. The van der Waals surface area contributed by atoms with Crippen molar-refractivity contribution in [3.63, 3.8) is 0 Å². The van der Waals surface area contributed by atoms with Crippen LogP contribution in [0.4, 0.5) is 16.2 Å². The number of nitrogens with two attached hydrogens (primary N) is 1. The number of hydrogen-bond acceptors (Lipinski definition) is 3. The molecule has 0 bridgehead atoms. The summed E-state index contributed by atoms with van der Waals surface area (Å²) in [5, 5.41) is 8.02. The van der Waals surface area contributed by atoms with E-state index in [4.69, 9.17) is 5.73 Å². The van der Waals surface area contributed by atoms with Gasteiger partial charge in [0.05, 0.1) is 0 Å². The minimum Gasteiger partial charge on any atom is -0.334 e. The van der Waals surface area contributed by atoms with Crippen molar-refractivity contribution in [2.75, 3.05) is 23.7 Å². The monoisotopic (exact) mass is 276 g/mol. The highest BCUT2D eigenvalue weighted by Gasteiger charge is 2.03. The largest absolute Gasteiger partial charge is 0.334 e. The van der Waals surface area contributed by atoms with E-state index in [0.29, 0.717) is 37.3 Å². The second-order valence-corrected chi connectivity index (χ2v) is 4.14. The SMILES string of the molecule is C=CCNC(=O)Nc1ccc(NC(=O)CCCN)cc1. The number of benzene rings is 1. The Labute approximate surface area is 118 Å². The summed E-state index contributed by atoms with van der Waals surface area (Å²) in [4.78, 5) is 22.9. The summed E-state index contributed by atoms with van der Waals surface area (Å²) < 4.78 is 0. The zero-order chi connectivity index (χ0) is 14.8. The number of carbonyl (C=O) groups is 2. The number of nitrogens with one attached hydrogen (secondary N) is 3. The molecule has 1 aromatic rings. The molecule has 0 aliphatic carbocycles. The van der Waals surface area contributed by atoms with Crippen molar-refractivity contribution in [3.8, 4) is 0 Å². The zero-order valence-electron chi connectivity index (χ0n) is 11.3. The average Bonchev–Trinajstić information content (AvgIpc) is 2.45. The Hall–Kier alpha value is -2.34.